The lowest BCUT2D eigenvalue weighted by molar-refractivity contribution is -0.140. The standard InChI is InChI=1S/C21H16ClNO4/c22-17-10-8-15(9-11-17)13-18(23-20(24)19-7-4-12-26-19)21(25)27-14-16-5-2-1-3-6-16/h1-13H,14H2,(H,23,24)/b18-13-. The number of carbonyl (C=O) groups excluding carboxylic acids is 2. The van der Waals surface area contributed by atoms with Gasteiger partial charge in [0.05, 0.1) is 6.26 Å². The highest BCUT2D eigenvalue weighted by molar-refractivity contribution is 6.30. The number of amides is 1. The number of esters is 1. The second-order valence-corrected chi connectivity index (χ2v) is 6.04. The molecule has 1 aromatic heterocycles. The van der Waals surface area contributed by atoms with E-state index in [2.05, 4.69) is 5.32 Å². The Hall–Kier alpha value is -3.31. The fraction of sp³-hybridized carbons (Fsp3) is 0.0476. The number of hydrogen-bond acceptors (Lipinski definition) is 4. The number of furan rings is 1. The van der Waals surface area contributed by atoms with E-state index in [0.29, 0.717) is 10.6 Å². The third-order valence-corrected chi connectivity index (χ3v) is 3.86. The number of ether oxygens (including phenoxy) is 1. The maximum absolute atomic E-state index is 12.5. The minimum Gasteiger partial charge on any atom is -0.459 e. The van der Waals surface area contributed by atoms with Crippen LogP contribution in [0.2, 0.25) is 5.02 Å². The van der Waals surface area contributed by atoms with Crippen molar-refractivity contribution in [2.75, 3.05) is 0 Å². The Bertz CT molecular complexity index is 932. The van der Waals surface area contributed by atoms with Crippen LogP contribution in [0.4, 0.5) is 0 Å². The molecule has 1 amide bonds. The number of halogens is 1. The van der Waals surface area contributed by atoms with Crippen molar-refractivity contribution >= 4 is 29.6 Å². The molecule has 3 rings (SSSR count). The van der Waals surface area contributed by atoms with Crippen molar-refractivity contribution in [1.29, 1.82) is 0 Å². The highest BCUT2D eigenvalue weighted by atomic mass is 35.5. The molecular weight excluding hydrogens is 366 g/mol. The maximum atomic E-state index is 12.5. The summed E-state index contributed by atoms with van der Waals surface area (Å²) < 4.78 is 10.4. The third kappa shape index (κ3) is 5.33. The zero-order valence-electron chi connectivity index (χ0n) is 14.2. The Morgan fingerprint density at radius 1 is 1.00 bits per heavy atom. The molecule has 0 aliphatic rings. The molecule has 0 aliphatic carbocycles. The van der Waals surface area contributed by atoms with Gasteiger partial charge in [0.1, 0.15) is 12.3 Å². The molecule has 0 saturated carbocycles. The summed E-state index contributed by atoms with van der Waals surface area (Å²) in [4.78, 5) is 24.8. The van der Waals surface area contributed by atoms with Gasteiger partial charge in [-0.05, 0) is 41.5 Å². The zero-order valence-corrected chi connectivity index (χ0v) is 15.0. The summed E-state index contributed by atoms with van der Waals surface area (Å²) in [5.74, 6) is -1.11. The van der Waals surface area contributed by atoms with Gasteiger partial charge in [0.2, 0.25) is 0 Å². The van der Waals surface area contributed by atoms with E-state index in [1.807, 2.05) is 30.3 Å². The SMILES string of the molecule is O=C(OCc1ccccc1)/C(=C/c1ccc(Cl)cc1)NC(=O)c1ccco1. The molecule has 2 aromatic carbocycles. The molecule has 3 aromatic rings. The van der Waals surface area contributed by atoms with Gasteiger partial charge in [0.15, 0.2) is 5.76 Å². The van der Waals surface area contributed by atoms with Crippen LogP contribution in [-0.4, -0.2) is 11.9 Å². The molecule has 1 N–H and O–H groups in total. The minimum atomic E-state index is -0.659. The summed E-state index contributed by atoms with van der Waals surface area (Å²) in [7, 11) is 0. The van der Waals surface area contributed by atoms with Crippen molar-refractivity contribution in [3.8, 4) is 0 Å². The highest BCUT2D eigenvalue weighted by Crippen LogP contribution is 2.14. The summed E-state index contributed by atoms with van der Waals surface area (Å²) >= 11 is 5.89. The van der Waals surface area contributed by atoms with Crippen molar-refractivity contribution in [3.63, 3.8) is 0 Å². The molecule has 0 aliphatic heterocycles. The van der Waals surface area contributed by atoms with E-state index in [1.54, 1.807) is 30.3 Å². The molecule has 0 fully saturated rings. The van der Waals surface area contributed by atoms with Gasteiger partial charge < -0.3 is 14.5 Å². The van der Waals surface area contributed by atoms with Gasteiger partial charge in [-0.3, -0.25) is 4.79 Å². The van der Waals surface area contributed by atoms with Crippen molar-refractivity contribution in [2.24, 2.45) is 0 Å². The maximum Gasteiger partial charge on any atom is 0.355 e. The number of nitrogens with one attached hydrogen (secondary N) is 1. The van der Waals surface area contributed by atoms with E-state index < -0.39 is 11.9 Å². The van der Waals surface area contributed by atoms with Crippen LogP contribution in [0.1, 0.15) is 21.7 Å². The molecule has 0 radical (unpaired) electrons. The monoisotopic (exact) mass is 381 g/mol. The molecule has 6 heteroatoms. The predicted octanol–water partition coefficient (Wildman–Crippen LogP) is 4.45. The highest BCUT2D eigenvalue weighted by Gasteiger charge is 2.17. The first-order chi connectivity index (χ1) is 13.1. The van der Waals surface area contributed by atoms with Crippen molar-refractivity contribution in [1.82, 2.24) is 5.32 Å². The number of rotatable bonds is 6. The van der Waals surface area contributed by atoms with Crippen LogP contribution in [-0.2, 0) is 16.1 Å². The molecule has 0 saturated heterocycles. The summed E-state index contributed by atoms with van der Waals surface area (Å²) in [6, 6.07) is 19.2. The van der Waals surface area contributed by atoms with E-state index in [4.69, 9.17) is 20.8 Å². The Morgan fingerprint density at radius 2 is 1.74 bits per heavy atom. The lowest BCUT2D eigenvalue weighted by Crippen LogP contribution is -2.28. The molecule has 5 nitrogen and oxygen atoms in total. The predicted molar refractivity (Wildman–Crippen MR) is 102 cm³/mol. The molecule has 136 valence electrons. The lowest BCUT2D eigenvalue weighted by Gasteiger charge is -2.10. The van der Waals surface area contributed by atoms with Gasteiger partial charge in [0, 0.05) is 5.02 Å². The van der Waals surface area contributed by atoms with E-state index in [9.17, 15) is 9.59 Å². The number of hydrogen-bond donors (Lipinski definition) is 1. The molecule has 1 heterocycles. The van der Waals surface area contributed by atoms with E-state index in [-0.39, 0.29) is 18.1 Å². The minimum absolute atomic E-state index is 0.00495. The third-order valence-electron chi connectivity index (χ3n) is 3.61. The Morgan fingerprint density at radius 3 is 2.41 bits per heavy atom. The van der Waals surface area contributed by atoms with Gasteiger partial charge in [-0.1, -0.05) is 54.1 Å². The fourth-order valence-electron chi connectivity index (χ4n) is 2.26. The normalized spacial score (nSPS) is 11.1. The van der Waals surface area contributed by atoms with Crippen molar-refractivity contribution in [3.05, 3.63) is 101 Å². The second kappa shape index (κ2) is 8.87. The van der Waals surface area contributed by atoms with Gasteiger partial charge >= 0.3 is 5.97 Å². The van der Waals surface area contributed by atoms with E-state index >= 15 is 0 Å². The van der Waals surface area contributed by atoms with E-state index in [1.165, 1.54) is 18.4 Å². The Balaban J connectivity index is 1.78. The first-order valence-corrected chi connectivity index (χ1v) is 8.53. The van der Waals surface area contributed by atoms with Crippen LogP contribution in [0.5, 0.6) is 0 Å². The van der Waals surface area contributed by atoms with E-state index in [0.717, 1.165) is 5.56 Å². The average Bonchev–Trinajstić information content (AvgIpc) is 3.23. The quantitative estimate of drug-likeness (QED) is 0.506. The first kappa shape index (κ1) is 18.5. The molecule has 0 atom stereocenters. The Labute approximate surface area is 161 Å². The molecule has 0 bridgehead atoms. The van der Waals surface area contributed by atoms with Crippen LogP contribution in [0.15, 0.2) is 83.1 Å². The lowest BCUT2D eigenvalue weighted by atomic mass is 10.2. The molecule has 0 spiro atoms. The van der Waals surface area contributed by atoms with Gasteiger partial charge in [-0.25, -0.2) is 4.79 Å². The number of benzene rings is 2. The van der Waals surface area contributed by atoms with Crippen LogP contribution >= 0.6 is 11.6 Å². The van der Waals surface area contributed by atoms with Gasteiger partial charge in [-0.2, -0.15) is 0 Å². The fourth-order valence-corrected chi connectivity index (χ4v) is 2.39. The van der Waals surface area contributed by atoms with Crippen LogP contribution in [0.3, 0.4) is 0 Å². The summed E-state index contributed by atoms with van der Waals surface area (Å²) in [6.07, 6.45) is 2.90. The summed E-state index contributed by atoms with van der Waals surface area (Å²) in [5.41, 5.74) is 1.52. The first-order valence-electron chi connectivity index (χ1n) is 8.15. The van der Waals surface area contributed by atoms with Crippen LogP contribution in [0.25, 0.3) is 6.08 Å². The average molecular weight is 382 g/mol. The second-order valence-electron chi connectivity index (χ2n) is 5.60. The van der Waals surface area contributed by atoms with Crippen molar-refractivity contribution in [2.45, 2.75) is 6.61 Å². The van der Waals surface area contributed by atoms with Crippen molar-refractivity contribution < 1.29 is 18.7 Å². The number of carbonyl (C=O) groups is 2. The largest absolute Gasteiger partial charge is 0.459 e. The van der Waals surface area contributed by atoms with Crippen LogP contribution < -0.4 is 5.32 Å². The molecule has 0 unspecified atom stereocenters. The van der Waals surface area contributed by atoms with Crippen LogP contribution in [0, 0.1) is 0 Å². The smallest absolute Gasteiger partial charge is 0.355 e. The summed E-state index contributed by atoms with van der Waals surface area (Å²) in [6.45, 7) is 0.0915. The Kier molecular flexibility index (Phi) is 6.07. The zero-order chi connectivity index (χ0) is 19.1. The topological polar surface area (TPSA) is 68.5 Å². The molecule has 27 heavy (non-hydrogen) atoms. The van der Waals surface area contributed by atoms with Gasteiger partial charge in [0.25, 0.3) is 5.91 Å². The summed E-state index contributed by atoms with van der Waals surface area (Å²) in [5, 5.41) is 3.11. The van der Waals surface area contributed by atoms with Gasteiger partial charge in [-0.15, -0.1) is 0 Å². The molecular formula is C21H16ClNO4.